The fourth-order valence-corrected chi connectivity index (χ4v) is 4.08. The number of carbonyl (C=O) groups excluding carboxylic acids is 2. The van der Waals surface area contributed by atoms with Crippen LogP contribution < -0.4 is 10.9 Å². The first-order valence-electron chi connectivity index (χ1n) is 7.98. The van der Waals surface area contributed by atoms with Gasteiger partial charge >= 0.3 is 0 Å². The van der Waals surface area contributed by atoms with Crippen LogP contribution in [0.5, 0.6) is 5.75 Å². The molecule has 0 fully saturated rings. The Morgan fingerprint density at radius 3 is 2.61 bits per heavy atom. The number of thiophene rings is 1. The Hall–Kier alpha value is -2.91. The van der Waals surface area contributed by atoms with Crippen molar-refractivity contribution in [1.82, 2.24) is 9.88 Å². The minimum Gasteiger partial charge on any atom is -0.506 e. The van der Waals surface area contributed by atoms with Crippen LogP contribution in [0.2, 0.25) is 5.02 Å². The highest BCUT2D eigenvalue weighted by Crippen LogP contribution is 2.36. The Balaban J connectivity index is 2.09. The van der Waals surface area contributed by atoms with Crippen LogP contribution in [-0.2, 0) is 0 Å². The molecule has 28 heavy (non-hydrogen) atoms. The summed E-state index contributed by atoms with van der Waals surface area (Å²) in [5.74, 6) is -2.37. The van der Waals surface area contributed by atoms with Gasteiger partial charge in [0.05, 0.1) is 15.3 Å². The van der Waals surface area contributed by atoms with Crippen molar-refractivity contribution in [3.05, 3.63) is 55.4 Å². The highest BCUT2D eigenvalue weighted by atomic mass is 35.5. The number of H-pyrrole nitrogens is 1. The van der Waals surface area contributed by atoms with E-state index in [-0.39, 0.29) is 26.8 Å². The second kappa shape index (κ2) is 7.25. The molecule has 7 nitrogen and oxygen atoms in total. The lowest BCUT2D eigenvalue weighted by Crippen LogP contribution is -2.23. The first-order chi connectivity index (χ1) is 13.1. The predicted molar refractivity (Wildman–Crippen MR) is 106 cm³/mol. The molecule has 0 unspecified atom stereocenters. The van der Waals surface area contributed by atoms with Crippen molar-refractivity contribution >= 4 is 50.7 Å². The van der Waals surface area contributed by atoms with Crippen LogP contribution in [0.15, 0.2) is 23.0 Å². The number of halogens is 2. The summed E-state index contributed by atoms with van der Waals surface area (Å²) < 4.78 is 13.3. The fraction of sp³-hybridized carbons (Fsp3) is 0.167. The number of fused-ring (bicyclic) bond motifs is 1. The number of anilines is 1. The predicted octanol–water partition coefficient (Wildman–Crippen LogP) is 3.35. The quantitative estimate of drug-likeness (QED) is 0.601. The highest BCUT2D eigenvalue weighted by molar-refractivity contribution is 7.20. The molecule has 3 rings (SSSR count). The van der Waals surface area contributed by atoms with Gasteiger partial charge in [-0.15, -0.1) is 11.3 Å². The first-order valence-corrected chi connectivity index (χ1v) is 9.17. The van der Waals surface area contributed by atoms with Crippen LogP contribution >= 0.6 is 22.9 Å². The number of hydrogen-bond acceptors (Lipinski definition) is 5. The van der Waals surface area contributed by atoms with E-state index in [9.17, 15) is 23.9 Å². The molecular formula is C18H15ClFN3O4S. The summed E-state index contributed by atoms with van der Waals surface area (Å²) in [4.78, 5) is 41.8. The average Bonchev–Trinajstić information content (AvgIpc) is 2.93. The van der Waals surface area contributed by atoms with Gasteiger partial charge in [0.1, 0.15) is 22.0 Å². The number of nitrogens with zero attached hydrogens (tertiary/aromatic N) is 1. The number of aromatic nitrogens is 1. The molecule has 0 bridgehead atoms. The van der Waals surface area contributed by atoms with Crippen molar-refractivity contribution in [3.63, 3.8) is 0 Å². The maximum Gasteiger partial charge on any atom is 0.265 e. The smallest absolute Gasteiger partial charge is 0.265 e. The molecule has 0 aliphatic heterocycles. The number of amides is 2. The monoisotopic (exact) mass is 423 g/mol. The summed E-state index contributed by atoms with van der Waals surface area (Å²) in [6.45, 7) is 1.62. The van der Waals surface area contributed by atoms with E-state index in [1.165, 1.54) is 17.0 Å². The molecule has 2 amide bonds. The Labute approximate surface area is 167 Å². The Bertz CT molecular complexity index is 1190. The van der Waals surface area contributed by atoms with Crippen molar-refractivity contribution in [2.75, 3.05) is 19.4 Å². The first kappa shape index (κ1) is 19.8. The van der Waals surface area contributed by atoms with Crippen molar-refractivity contribution in [3.8, 4) is 5.75 Å². The van der Waals surface area contributed by atoms with E-state index < -0.39 is 28.6 Å². The summed E-state index contributed by atoms with van der Waals surface area (Å²) in [5.41, 5.74) is -0.731. The zero-order chi connectivity index (χ0) is 20.7. The van der Waals surface area contributed by atoms with E-state index in [4.69, 9.17) is 11.6 Å². The van der Waals surface area contributed by atoms with Crippen LogP contribution in [-0.4, -0.2) is 40.9 Å². The van der Waals surface area contributed by atoms with Gasteiger partial charge in [-0.1, -0.05) is 11.6 Å². The standard InChI is InChI=1S/C18H15ClFN3O4S/c1-7-11-13(24)12(15(25)21-8-4-5-10(20)9(19)6-8)16(26)22-17(11)28-14(7)18(27)23(2)3/h4-6H,1-3H3,(H,21,25)(H2,22,24,26). The van der Waals surface area contributed by atoms with E-state index in [0.29, 0.717) is 10.4 Å². The molecule has 1 aromatic carbocycles. The van der Waals surface area contributed by atoms with E-state index in [2.05, 4.69) is 10.3 Å². The van der Waals surface area contributed by atoms with Gasteiger partial charge in [-0.2, -0.15) is 0 Å². The second-order valence-electron chi connectivity index (χ2n) is 6.22. The van der Waals surface area contributed by atoms with Gasteiger partial charge < -0.3 is 20.3 Å². The molecule has 3 aromatic rings. The van der Waals surface area contributed by atoms with E-state index in [1.54, 1.807) is 21.0 Å². The molecule has 3 N–H and O–H groups in total. The van der Waals surface area contributed by atoms with Crippen molar-refractivity contribution in [2.45, 2.75) is 6.92 Å². The third-order valence-corrected chi connectivity index (χ3v) is 5.56. The number of benzene rings is 1. The Kier molecular flexibility index (Phi) is 5.14. The Morgan fingerprint density at radius 2 is 2.00 bits per heavy atom. The number of carbonyl (C=O) groups is 2. The third kappa shape index (κ3) is 3.34. The van der Waals surface area contributed by atoms with Gasteiger partial charge in [0, 0.05) is 19.8 Å². The summed E-state index contributed by atoms with van der Waals surface area (Å²) in [6, 6.07) is 3.52. The van der Waals surface area contributed by atoms with Gasteiger partial charge in [-0.05, 0) is 30.7 Å². The minimum absolute atomic E-state index is 0.154. The maximum atomic E-state index is 13.3. The molecular weight excluding hydrogens is 409 g/mol. The van der Waals surface area contributed by atoms with Crippen LogP contribution in [0, 0.1) is 12.7 Å². The number of aromatic hydroxyl groups is 1. The zero-order valence-electron chi connectivity index (χ0n) is 15.0. The molecule has 2 aromatic heterocycles. The SMILES string of the molecule is Cc1c(C(=O)N(C)C)sc2[nH]c(=O)c(C(=O)Nc3ccc(F)c(Cl)c3)c(O)c12. The molecule has 0 atom stereocenters. The molecule has 0 saturated heterocycles. The number of hydrogen-bond donors (Lipinski definition) is 3. The summed E-state index contributed by atoms with van der Waals surface area (Å²) in [5, 5.41) is 13.0. The number of pyridine rings is 1. The molecule has 0 saturated carbocycles. The summed E-state index contributed by atoms with van der Waals surface area (Å²) in [6.07, 6.45) is 0. The van der Waals surface area contributed by atoms with Gasteiger partial charge in [0.15, 0.2) is 0 Å². The number of nitrogens with one attached hydrogen (secondary N) is 2. The summed E-state index contributed by atoms with van der Waals surface area (Å²) >= 11 is 6.70. The van der Waals surface area contributed by atoms with E-state index in [0.717, 1.165) is 17.4 Å². The largest absolute Gasteiger partial charge is 0.506 e. The summed E-state index contributed by atoms with van der Waals surface area (Å²) in [7, 11) is 3.17. The second-order valence-corrected chi connectivity index (χ2v) is 7.65. The molecule has 0 aliphatic rings. The minimum atomic E-state index is -0.894. The van der Waals surface area contributed by atoms with Crippen LogP contribution in [0.4, 0.5) is 10.1 Å². The van der Waals surface area contributed by atoms with Crippen molar-refractivity contribution in [1.29, 1.82) is 0 Å². The molecule has 0 spiro atoms. The topological polar surface area (TPSA) is 103 Å². The molecule has 2 heterocycles. The third-order valence-electron chi connectivity index (χ3n) is 4.08. The van der Waals surface area contributed by atoms with Crippen molar-refractivity contribution < 1.29 is 19.1 Å². The average molecular weight is 424 g/mol. The highest BCUT2D eigenvalue weighted by Gasteiger charge is 2.25. The molecule has 0 aliphatic carbocycles. The van der Waals surface area contributed by atoms with Crippen LogP contribution in [0.25, 0.3) is 10.2 Å². The molecule has 0 radical (unpaired) electrons. The lowest BCUT2D eigenvalue weighted by molar-refractivity contribution is 0.0831. The fourth-order valence-electron chi connectivity index (χ4n) is 2.67. The van der Waals surface area contributed by atoms with E-state index >= 15 is 0 Å². The van der Waals surface area contributed by atoms with E-state index in [1.807, 2.05) is 0 Å². The lowest BCUT2D eigenvalue weighted by atomic mass is 10.1. The molecule has 146 valence electrons. The van der Waals surface area contributed by atoms with Gasteiger partial charge in [-0.3, -0.25) is 14.4 Å². The van der Waals surface area contributed by atoms with Gasteiger partial charge in [0.2, 0.25) is 0 Å². The number of aryl methyl sites for hydroxylation is 1. The molecule has 10 heteroatoms. The maximum absolute atomic E-state index is 13.3. The number of rotatable bonds is 3. The zero-order valence-corrected chi connectivity index (χ0v) is 16.6. The lowest BCUT2D eigenvalue weighted by Gasteiger charge is -2.09. The van der Waals surface area contributed by atoms with Crippen molar-refractivity contribution in [2.24, 2.45) is 0 Å². The van der Waals surface area contributed by atoms with Gasteiger partial charge in [0.25, 0.3) is 17.4 Å². The van der Waals surface area contributed by atoms with Crippen LogP contribution in [0.3, 0.4) is 0 Å². The van der Waals surface area contributed by atoms with Crippen LogP contribution in [0.1, 0.15) is 25.6 Å². The van der Waals surface area contributed by atoms with Gasteiger partial charge in [-0.25, -0.2) is 4.39 Å². The number of aromatic amines is 1. The normalized spacial score (nSPS) is 10.9. The Morgan fingerprint density at radius 1 is 1.32 bits per heavy atom.